The van der Waals surface area contributed by atoms with Crippen molar-refractivity contribution < 1.29 is 22.7 Å². The second-order valence-corrected chi connectivity index (χ2v) is 9.43. The molecule has 0 fully saturated rings. The summed E-state index contributed by atoms with van der Waals surface area (Å²) in [4.78, 5) is 25.5. The minimum absolute atomic E-state index is 0.275. The van der Waals surface area contributed by atoms with Crippen LogP contribution in [-0.2, 0) is 14.8 Å². The number of hydrogen-bond acceptors (Lipinski definition) is 5. The summed E-state index contributed by atoms with van der Waals surface area (Å²) in [5.41, 5.74) is 0.906. The van der Waals surface area contributed by atoms with Crippen LogP contribution in [0.1, 0.15) is 31.1 Å². The van der Waals surface area contributed by atoms with Crippen LogP contribution in [0.3, 0.4) is 0 Å². The van der Waals surface area contributed by atoms with Gasteiger partial charge in [0, 0.05) is 12.6 Å². The molecule has 2 rings (SSSR count). The molecule has 0 aromatic heterocycles. The zero-order valence-electron chi connectivity index (χ0n) is 18.4. The van der Waals surface area contributed by atoms with Gasteiger partial charge in [-0.2, -0.15) is 0 Å². The molecule has 0 spiro atoms. The van der Waals surface area contributed by atoms with Crippen LogP contribution >= 0.6 is 0 Å². The lowest BCUT2D eigenvalue weighted by Gasteiger charge is -2.28. The van der Waals surface area contributed by atoms with E-state index in [9.17, 15) is 18.0 Å². The molecular weight excluding hydrogens is 418 g/mol. The maximum Gasteiger partial charge on any atom is 0.253 e. The number of nitrogens with one attached hydrogen (secondary N) is 2. The number of anilines is 2. The average Bonchev–Trinajstić information content (AvgIpc) is 2.71. The van der Waals surface area contributed by atoms with E-state index in [-0.39, 0.29) is 11.8 Å². The Morgan fingerprint density at radius 1 is 1.06 bits per heavy atom. The Morgan fingerprint density at radius 2 is 1.74 bits per heavy atom. The molecule has 0 aliphatic heterocycles. The van der Waals surface area contributed by atoms with E-state index in [1.165, 1.54) is 20.1 Å². The van der Waals surface area contributed by atoms with E-state index in [1.54, 1.807) is 42.5 Å². The van der Waals surface area contributed by atoms with Gasteiger partial charge in [-0.15, -0.1) is 0 Å². The first-order valence-electron chi connectivity index (χ1n) is 9.86. The predicted molar refractivity (Wildman–Crippen MR) is 122 cm³/mol. The highest BCUT2D eigenvalue weighted by Gasteiger charge is 2.30. The van der Waals surface area contributed by atoms with Crippen molar-refractivity contribution >= 4 is 33.2 Å². The molecule has 2 amide bonds. The molecule has 1 atom stereocenters. The zero-order valence-corrected chi connectivity index (χ0v) is 19.2. The van der Waals surface area contributed by atoms with Crippen LogP contribution in [0.5, 0.6) is 5.75 Å². The third kappa shape index (κ3) is 6.45. The number of rotatable bonds is 9. The van der Waals surface area contributed by atoms with E-state index >= 15 is 0 Å². The van der Waals surface area contributed by atoms with Crippen molar-refractivity contribution in [1.82, 2.24) is 5.32 Å². The number of ether oxygens (including phenoxy) is 1. The monoisotopic (exact) mass is 447 g/mol. The summed E-state index contributed by atoms with van der Waals surface area (Å²) < 4.78 is 31.2. The van der Waals surface area contributed by atoms with Crippen LogP contribution in [0.25, 0.3) is 0 Å². The molecule has 168 valence electrons. The fourth-order valence-corrected chi connectivity index (χ4v) is 4.14. The van der Waals surface area contributed by atoms with Gasteiger partial charge in [0.05, 0.1) is 30.3 Å². The smallest absolute Gasteiger partial charge is 0.253 e. The third-order valence-electron chi connectivity index (χ3n) is 4.50. The highest BCUT2D eigenvalue weighted by Crippen LogP contribution is 2.26. The molecule has 0 aliphatic carbocycles. The van der Waals surface area contributed by atoms with E-state index in [0.717, 1.165) is 10.6 Å². The average molecular weight is 448 g/mol. The van der Waals surface area contributed by atoms with E-state index in [0.29, 0.717) is 29.2 Å². The molecule has 0 unspecified atom stereocenters. The molecule has 0 saturated heterocycles. The highest BCUT2D eigenvalue weighted by molar-refractivity contribution is 7.92. The van der Waals surface area contributed by atoms with E-state index in [1.807, 2.05) is 13.8 Å². The number of hydrogen-bond donors (Lipinski definition) is 2. The SMILES string of the molecule is COc1cccc(N([C@@H](C)C(=O)Nc2ccccc2C(=O)NCC(C)C)S(C)(=O)=O)c1. The minimum Gasteiger partial charge on any atom is -0.497 e. The van der Waals surface area contributed by atoms with Crippen molar-refractivity contribution in [2.24, 2.45) is 5.92 Å². The van der Waals surface area contributed by atoms with Gasteiger partial charge in [0.25, 0.3) is 5.91 Å². The largest absolute Gasteiger partial charge is 0.497 e. The van der Waals surface area contributed by atoms with Crippen LogP contribution in [0.2, 0.25) is 0 Å². The quantitative estimate of drug-likeness (QED) is 0.615. The Balaban J connectivity index is 2.30. The van der Waals surface area contributed by atoms with E-state index in [2.05, 4.69) is 10.6 Å². The van der Waals surface area contributed by atoms with Crippen LogP contribution in [0.4, 0.5) is 11.4 Å². The van der Waals surface area contributed by atoms with Gasteiger partial charge in [-0.25, -0.2) is 8.42 Å². The molecule has 0 aliphatic rings. The third-order valence-corrected chi connectivity index (χ3v) is 5.74. The summed E-state index contributed by atoms with van der Waals surface area (Å²) in [5, 5.41) is 5.51. The second-order valence-electron chi connectivity index (χ2n) is 7.57. The molecule has 0 radical (unpaired) electrons. The summed E-state index contributed by atoms with van der Waals surface area (Å²) in [5.74, 6) is -0.148. The molecule has 8 nitrogen and oxygen atoms in total. The van der Waals surface area contributed by atoms with Crippen LogP contribution in [-0.4, -0.2) is 46.2 Å². The minimum atomic E-state index is -3.79. The molecule has 2 N–H and O–H groups in total. The summed E-state index contributed by atoms with van der Waals surface area (Å²) >= 11 is 0. The van der Waals surface area contributed by atoms with Gasteiger partial charge in [-0.1, -0.05) is 32.0 Å². The predicted octanol–water partition coefficient (Wildman–Crippen LogP) is 2.87. The first-order chi connectivity index (χ1) is 14.5. The van der Waals surface area contributed by atoms with Crippen LogP contribution in [0, 0.1) is 5.92 Å². The van der Waals surface area contributed by atoms with Gasteiger partial charge in [-0.05, 0) is 37.1 Å². The van der Waals surface area contributed by atoms with E-state index < -0.39 is 22.0 Å². The summed E-state index contributed by atoms with van der Waals surface area (Å²) in [7, 11) is -2.31. The summed E-state index contributed by atoms with van der Waals surface area (Å²) in [6.45, 7) is 5.94. The number of sulfonamides is 1. The number of methoxy groups -OCH3 is 1. The number of nitrogens with zero attached hydrogens (tertiary/aromatic N) is 1. The lowest BCUT2D eigenvalue weighted by molar-refractivity contribution is -0.116. The van der Waals surface area contributed by atoms with Crippen LogP contribution in [0.15, 0.2) is 48.5 Å². The second kappa shape index (κ2) is 10.3. The highest BCUT2D eigenvalue weighted by atomic mass is 32.2. The number of amides is 2. The molecule has 9 heteroatoms. The molecule has 2 aromatic rings. The molecule has 2 aromatic carbocycles. The normalized spacial score (nSPS) is 12.2. The number of benzene rings is 2. The summed E-state index contributed by atoms with van der Waals surface area (Å²) in [6, 6.07) is 12.0. The standard InChI is InChI=1S/C22H29N3O5S/c1-15(2)14-23-22(27)19-11-6-7-12-20(19)24-21(26)16(3)25(31(5,28)29)17-9-8-10-18(13-17)30-4/h6-13,15-16H,14H2,1-5H3,(H,23,27)(H,24,26)/t16-/m0/s1. The Kier molecular flexibility index (Phi) is 8.04. The van der Waals surface area contributed by atoms with Gasteiger partial charge in [0.2, 0.25) is 15.9 Å². The topological polar surface area (TPSA) is 105 Å². The maximum atomic E-state index is 13.0. The number of carbonyl (C=O) groups is 2. The van der Waals surface area contributed by atoms with Crippen molar-refractivity contribution in [3.8, 4) is 5.75 Å². The molecule has 0 bridgehead atoms. The lowest BCUT2D eigenvalue weighted by atomic mass is 10.1. The molecule has 0 heterocycles. The Hall–Kier alpha value is -3.07. The Labute approximate surface area is 183 Å². The van der Waals surface area contributed by atoms with Crippen molar-refractivity contribution in [2.75, 3.05) is 29.5 Å². The molecule has 31 heavy (non-hydrogen) atoms. The van der Waals surface area contributed by atoms with Crippen molar-refractivity contribution in [2.45, 2.75) is 26.8 Å². The summed E-state index contributed by atoms with van der Waals surface area (Å²) in [6.07, 6.45) is 1.03. The first kappa shape index (κ1) is 24.2. The first-order valence-corrected chi connectivity index (χ1v) is 11.7. The van der Waals surface area contributed by atoms with Gasteiger partial charge < -0.3 is 15.4 Å². The molecular formula is C22H29N3O5S. The van der Waals surface area contributed by atoms with Crippen molar-refractivity contribution in [3.05, 3.63) is 54.1 Å². The fraction of sp³-hybridized carbons (Fsp3) is 0.364. The zero-order chi connectivity index (χ0) is 23.2. The van der Waals surface area contributed by atoms with E-state index in [4.69, 9.17) is 4.74 Å². The van der Waals surface area contributed by atoms with Gasteiger partial charge >= 0.3 is 0 Å². The van der Waals surface area contributed by atoms with Crippen molar-refractivity contribution in [3.63, 3.8) is 0 Å². The number of para-hydroxylation sites is 1. The Morgan fingerprint density at radius 3 is 2.35 bits per heavy atom. The maximum absolute atomic E-state index is 13.0. The lowest BCUT2D eigenvalue weighted by Crippen LogP contribution is -2.45. The van der Waals surface area contributed by atoms with Gasteiger partial charge in [0.15, 0.2) is 0 Å². The Bertz CT molecular complexity index is 1040. The van der Waals surface area contributed by atoms with Crippen LogP contribution < -0.4 is 19.7 Å². The van der Waals surface area contributed by atoms with Gasteiger partial charge in [0.1, 0.15) is 11.8 Å². The fourth-order valence-electron chi connectivity index (χ4n) is 2.98. The van der Waals surface area contributed by atoms with Gasteiger partial charge in [-0.3, -0.25) is 13.9 Å². The molecule has 0 saturated carbocycles. The number of carbonyl (C=O) groups excluding carboxylic acids is 2. The van der Waals surface area contributed by atoms with Crippen molar-refractivity contribution in [1.29, 1.82) is 0 Å².